The summed E-state index contributed by atoms with van der Waals surface area (Å²) < 4.78 is 5.25. The van der Waals surface area contributed by atoms with Crippen LogP contribution in [0.1, 0.15) is 71.1 Å². The van der Waals surface area contributed by atoms with Crippen molar-refractivity contribution in [2.45, 2.75) is 77.2 Å². The third kappa shape index (κ3) is 15.9. The van der Waals surface area contributed by atoms with Crippen LogP contribution >= 0.6 is 0 Å². The molecule has 2 heteroatoms. The molecule has 0 saturated heterocycles. The van der Waals surface area contributed by atoms with Gasteiger partial charge in [-0.2, -0.15) is 0 Å². The average Bonchev–Trinajstić information content (AvgIpc) is 2.30. The van der Waals surface area contributed by atoms with Gasteiger partial charge in [-0.05, 0) is 13.3 Å². The number of ether oxygens (including phenoxy) is 1. The number of unbranched alkanes of at least 4 members (excludes halogenated alkanes) is 9. The Balaban J connectivity index is 2.89. The van der Waals surface area contributed by atoms with E-state index in [0.29, 0.717) is 6.61 Å². The minimum atomic E-state index is -0.571. The van der Waals surface area contributed by atoms with Gasteiger partial charge in [-0.25, -0.2) is 0 Å². The molecule has 0 rings (SSSR count). The molecule has 0 aromatic heterocycles. The first-order chi connectivity index (χ1) is 8.27. The van der Waals surface area contributed by atoms with Gasteiger partial charge in [0.2, 0.25) is 0 Å². The molecule has 17 heavy (non-hydrogen) atoms. The van der Waals surface area contributed by atoms with Crippen molar-refractivity contribution in [1.82, 2.24) is 0 Å². The van der Waals surface area contributed by atoms with Crippen molar-refractivity contribution in [3.8, 4) is 0 Å². The van der Waals surface area contributed by atoms with Crippen LogP contribution in [0, 0.1) is 6.92 Å². The fourth-order valence-corrected chi connectivity index (χ4v) is 1.91. The number of hydrogen-bond acceptors (Lipinski definition) is 2. The first-order valence-electron chi connectivity index (χ1n) is 7.36. The van der Waals surface area contributed by atoms with E-state index >= 15 is 0 Å². The van der Waals surface area contributed by atoms with Gasteiger partial charge in [-0.1, -0.05) is 64.7 Å². The van der Waals surface area contributed by atoms with Crippen LogP contribution in [0.2, 0.25) is 0 Å². The summed E-state index contributed by atoms with van der Waals surface area (Å²) >= 11 is 0. The van der Waals surface area contributed by atoms with Gasteiger partial charge in [0, 0.05) is 6.61 Å². The smallest absolute Gasteiger partial charge is 0.0774 e. The second kappa shape index (κ2) is 14.0. The van der Waals surface area contributed by atoms with E-state index in [9.17, 15) is 0 Å². The molecule has 0 amide bonds. The third-order valence-corrected chi connectivity index (χ3v) is 2.95. The zero-order chi connectivity index (χ0) is 12.8. The van der Waals surface area contributed by atoms with Crippen molar-refractivity contribution >= 4 is 0 Å². The maximum atomic E-state index is 8.88. The first-order valence-corrected chi connectivity index (χ1v) is 7.36. The standard InChI is InChI=1S/C15H31O2/c1-3-4-5-6-7-8-9-10-11-12-13-17-14-15(2)16/h15-16H,2-14H2,1H3. The van der Waals surface area contributed by atoms with Gasteiger partial charge >= 0.3 is 0 Å². The van der Waals surface area contributed by atoms with Crippen LogP contribution in [0.5, 0.6) is 0 Å². The van der Waals surface area contributed by atoms with Gasteiger partial charge in [0.1, 0.15) is 0 Å². The molecule has 1 atom stereocenters. The lowest BCUT2D eigenvalue weighted by molar-refractivity contribution is 0.0564. The predicted octanol–water partition coefficient (Wildman–Crippen LogP) is 4.12. The van der Waals surface area contributed by atoms with Crippen molar-refractivity contribution < 1.29 is 9.84 Å². The zero-order valence-corrected chi connectivity index (χ0v) is 11.6. The summed E-state index contributed by atoms with van der Waals surface area (Å²) in [6, 6.07) is 0. The molecule has 0 fully saturated rings. The van der Waals surface area contributed by atoms with Crippen LogP contribution in [-0.4, -0.2) is 24.4 Å². The monoisotopic (exact) mass is 243 g/mol. The lowest BCUT2D eigenvalue weighted by Gasteiger charge is -2.06. The molecule has 0 aliphatic heterocycles. The Labute approximate surface area is 108 Å². The molecular formula is C15H31O2. The summed E-state index contributed by atoms with van der Waals surface area (Å²) in [7, 11) is 0. The van der Waals surface area contributed by atoms with Gasteiger partial charge < -0.3 is 9.84 Å². The molecule has 2 nitrogen and oxygen atoms in total. The zero-order valence-electron chi connectivity index (χ0n) is 11.6. The van der Waals surface area contributed by atoms with Crippen molar-refractivity contribution in [3.63, 3.8) is 0 Å². The highest BCUT2D eigenvalue weighted by molar-refractivity contribution is 4.53. The maximum Gasteiger partial charge on any atom is 0.0774 e. The second-order valence-electron chi connectivity index (χ2n) is 4.91. The summed E-state index contributed by atoms with van der Waals surface area (Å²) in [6.07, 6.45) is 12.8. The molecule has 1 unspecified atom stereocenters. The highest BCUT2D eigenvalue weighted by Crippen LogP contribution is 2.10. The predicted molar refractivity (Wildman–Crippen MR) is 74.0 cm³/mol. The summed E-state index contributed by atoms with van der Waals surface area (Å²) in [5, 5.41) is 8.88. The Morgan fingerprint density at radius 3 is 1.82 bits per heavy atom. The van der Waals surface area contributed by atoms with E-state index in [1.807, 2.05) is 0 Å². The Morgan fingerprint density at radius 1 is 0.882 bits per heavy atom. The van der Waals surface area contributed by atoms with Crippen LogP contribution in [0.3, 0.4) is 0 Å². The van der Waals surface area contributed by atoms with E-state index in [1.165, 1.54) is 57.8 Å². The lowest BCUT2D eigenvalue weighted by atomic mass is 10.1. The van der Waals surface area contributed by atoms with E-state index in [4.69, 9.17) is 9.84 Å². The average molecular weight is 243 g/mol. The van der Waals surface area contributed by atoms with E-state index in [-0.39, 0.29) is 0 Å². The Kier molecular flexibility index (Phi) is 13.9. The van der Waals surface area contributed by atoms with Crippen LogP contribution in [-0.2, 0) is 4.74 Å². The topological polar surface area (TPSA) is 29.5 Å². The fraction of sp³-hybridized carbons (Fsp3) is 0.933. The van der Waals surface area contributed by atoms with E-state index in [0.717, 1.165) is 13.0 Å². The third-order valence-electron chi connectivity index (χ3n) is 2.95. The molecule has 0 aliphatic carbocycles. The van der Waals surface area contributed by atoms with Gasteiger partial charge in [0.05, 0.1) is 12.7 Å². The van der Waals surface area contributed by atoms with Crippen molar-refractivity contribution in [3.05, 3.63) is 6.92 Å². The van der Waals surface area contributed by atoms with E-state index in [1.54, 1.807) is 0 Å². The largest absolute Gasteiger partial charge is 0.391 e. The summed E-state index contributed by atoms with van der Waals surface area (Å²) in [5.74, 6) is 0. The van der Waals surface area contributed by atoms with Crippen molar-refractivity contribution in [2.75, 3.05) is 13.2 Å². The lowest BCUT2D eigenvalue weighted by Crippen LogP contribution is -2.11. The Morgan fingerprint density at radius 2 is 1.35 bits per heavy atom. The molecule has 1 N–H and O–H groups in total. The Bertz CT molecular complexity index is 135. The number of hydrogen-bond donors (Lipinski definition) is 1. The quantitative estimate of drug-likeness (QED) is 0.493. The fourth-order valence-electron chi connectivity index (χ4n) is 1.91. The molecule has 0 aromatic rings. The van der Waals surface area contributed by atoms with Crippen LogP contribution in [0.4, 0.5) is 0 Å². The van der Waals surface area contributed by atoms with E-state index in [2.05, 4.69) is 13.8 Å². The number of aliphatic hydroxyl groups excluding tert-OH is 1. The normalized spacial score (nSPS) is 12.9. The van der Waals surface area contributed by atoms with Crippen LogP contribution in [0.25, 0.3) is 0 Å². The molecule has 0 aromatic carbocycles. The van der Waals surface area contributed by atoms with Crippen LogP contribution in [0.15, 0.2) is 0 Å². The molecule has 1 radical (unpaired) electrons. The highest BCUT2D eigenvalue weighted by Gasteiger charge is 1.95. The second-order valence-corrected chi connectivity index (χ2v) is 4.91. The minimum absolute atomic E-state index is 0.372. The summed E-state index contributed by atoms with van der Waals surface area (Å²) in [4.78, 5) is 0. The van der Waals surface area contributed by atoms with Gasteiger partial charge in [-0.15, -0.1) is 0 Å². The summed E-state index contributed by atoms with van der Waals surface area (Å²) in [6.45, 7) is 6.86. The molecule has 0 aliphatic rings. The van der Waals surface area contributed by atoms with Gasteiger partial charge in [0.15, 0.2) is 0 Å². The number of rotatable bonds is 13. The van der Waals surface area contributed by atoms with Gasteiger partial charge in [-0.3, -0.25) is 0 Å². The first kappa shape index (κ1) is 16.9. The molecule has 0 heterocycles. The molecule has 0 spiro atoms. The summed E-state index contributed by atoms with van der Waals surface area (Å²) in [5.41, 5.74) is 0. The van der Waals surface area contributed by atoms with Crippen LogP contribution < -0.4 is 0 Å². The van der Waals surface area contributed by atoms with Crippen molar-refractivity contribution in [2.24, 2.45) is 0 Å². The number of aliphatic hydroxyl groups is 1. The maximum absolute atomic E-state index is 8.88. The molecular weight excluding hydrogens is 212 g/mol. The molecule has 0 saturated carbocycles. The molecule has 103 valence electrons. The molecule has 0 bridgehead atoms. The van der Waals surface area contributed by atoms with Crippen molar-refractivity contribution in [1.29, 1.82) is 0 Å². The van der Waals surface area contributed by atoms with Gasteiger partial charge in [0.25, 0.3) is 0 Å². The van der Waals surface area contributed by atoms with E-state index < -0.39 is 6.10 Å². The SMILES string of the molecule is [CH2]C(O)COCCCCCCCCCCCC. The highest BCUT2D eigenvalue weighted by atomic mass is 16.5. The Hall–Kier alpha value is -0.0800. The minimum Gasteiger partial charge on any atom is -0.391 e.